The van der Waals surface area contributed by atoms with Crippen LogP contribution < -0.4 is 10.1 Å². The molecule has 0 aliphatic carbocycles. The van der Waals surface area contributed by atoms with Crippen LogP contribution in [-0.2, 0) is 7.05 Å². The van der Waals surface area contributed by atoms with Crippen LogP contribution in [0.15, 0.2) is 36.4 Å². The number of amides is 1. The first kappa shape index (κ1) is 15.0. The van der Waals surface area contributed by atoms with Gasteiger partial charge in [0, 0.05) is 18.5 Å². The number of hydrogen-bond acceptors (Lipinski definition) is 3. The Morgan fingerprint density at radius 1 is 1.30 bits per heavy atom. The molecular weight excluding hydrogens is 297 g/mol. The molecule has 1 aromatic heterocycles. The van der Waals surface area contributed by atoms with Gasteiger partial charge in [-0.3, -0.25) is 9.48 Å². The van der Waals surface area contributed by atoms with E-state index in [0.717, 1.165) is 10.9 Å². The smallest absolute Gasteiger partial charge is 0.276 e. The molecule has 23 heavy (non-hydrogen) atoms. The number of aromatic nitrogens is 2. The first-order valence-electron chi connectivity index (χ1n) is 7.08. The molecule has 1 N–H and O–H groups in total. The molecule has 0 aliphatic heterocycles. The number of rotatable bonds is 3. The minimum Gasteiger partial charge on any atom is -0.495 e. The van der Waals surface area contributed by atoms with Crippen molar-refractivity contribution in [2.24, 2.45) is 7.05 Å². The van der Waals surface area contributed by atoms with E-state index >= 15 is 0 Å². The minimum absolute atomic E-state index is 0.273. The molecule has 1 amide bonds. The highest BCUT2D eigenvalue weighted by Gasteiger charge is 2.18. The van der Waals surface area contributed by atoms with Crippen molar-refractivity contribution in [1.82, 2.24) is 9.78 Å². The average Bonchev–Trinajstić information content (AvgIpc) is 2.88. The Labute approximate surface area is 132 Å². The fourth-order valence-electron chi connectivity index (χ4n) is 2.48. The van der Waals surface area contributed by atoms with Crippen LogP contribution >= 0.6 is 0 Å². The SMILES string of the molecule is COc1cc(C)c(F)cc1NC(=O)c1nn(C)c2ccccc12. The highest BCUT2D eigenvalue weighted by molar-refractivity contribution is 6.11. The fourth-order valence-corrected chi connectivity index (χ4v) is 2.48. The Kier molecular flexibility index (Phi) is 3.73. The van der Waals surface area contributed by atoms with E-state index in [9.17, 15) is 9.18 Å². The van der Waals surface area contributed by atoms with Gasteiger partial charge in [-0.15, -0.1) is 0 Å². The number of carbonyl (C=O) groups excluding carboxylic acids is 1. The Morgan fingerprint density at radius 2 is 2.04 bits per heavy atom. The van der Waals surface area contributed by atoms with Gasteiger partial charge in [0.15, 0.2) is 5.69 Å². The Hall–Kier alpha value is -2.89. The van der Waals surface area contributed by atoms with Crippen LogP contribution in [0, 0.1) is 12.7 Å². The Balaban J connectivity index is 2.00. The third-order valence-electron chi connectivity index (χ3n) is 3.70. The van der Waals surface area contributed by atoms with Gasteiger partial charge in [0.25, 0.3) is 5.91 Å². The van der Waals surface area contributed by atoms with Crippen LogP contribution in [0.1, 0.15) is 16.1 Å². The van der Waals surface area contributed by atoms with Gasteiger partial charge in [-0.2, -0.15) is 5.10 Å². The van der Waals surface area contributed by atoms with Gasteiger partial charge in [-0.05, 0) is 24.6 Å². The summed E-state index contributed by atoms with van der Waals surface area (Å²) in [7, 11) is 3.24. The second-order valence-electron chi connectivity index (χ2n) is 5.25. The molecule has 0 saturated carbocycles. The van der Waals surface area contributed by atoms with Gasteiger partial charge in [0.05, 0.1) is 18.3 Å². The Bertz CT molecular complexity index is 902. The van der Waals surface area contributed by atoms with E-state index in [1.807, 2.05) is 24.3 Å². The normalized spacial score (nSPS) is 10.8. The summed E-state index contributed by atoms with van der Waals surface area (Å²) < 4.78 is 20.6. The quantitative estimate of drug-likeness (QED) is 0.807. The number of methoxy groups -OCH3 is 1. The zero-order valence-electron chi connectivity index (χ0n) is 13.1. The summed E-state index contributed by atoms with van der Waals surface area (Å²) in [6.07, 6.45) is 0. The third-order valence-corrected chi connectivity index (χ3v) is 3.70. The number of carbonyl (C=O) groups is 1. The number of para-hydroxylation sites is 1. The van der Waals surface area contributed by atoms with E-state index in [0.29, 0.717) is 11.3 Å². The molecule has 1 heterocycles. The predicted octanol–water partition coefficient (Wildman–Crippen LogP) is 3.28. The van der Waals surface area contributed by atoms with E-state index < -0.39 is 11.7 Å². The third kappa shape index (κ3) is 2.63. The molecule has 0 radical (unpaired) electrons. The number of fused-ring (bicyclic) bond motifs is 1. The second kappa shape index (κ2) is 5.72. The standard InChI is InChI=1S/C17H16FN3O2/c1-10-8-15(23-3)13(9-12(10)18)19-17(22)16-11-6-4-5-7-14(11)21(2)20-16/h4-9H,1-3H3,(H,19,22). The lowest BCUT2D eigenvalue weighted by molar-refractivity contribution is 0.102. The second-order valence-corrected chi connectivity index (χ2v) is 5.25. The molecule has 0 unspecified atom stereocenters. The summed E-state index contributed by atoms with van der Waals surface area (Å²) in [6.45, 7) is 1.63. The monoisotopic (exact) mass is 313 g/mol. The van der Waals surface area contributed by atoms with E-state index in [2.05, 4.69) is 10.4 Å². The zero-order valence-corrected chi connectivity index (χ0v) is 13.1. The van der Waals surface area contributed by atoms with Crippen LogP contribution in [0.5, 0.6) is 5.75 Å². The van der Waals surface area contributed by atoms with Crippen molar-refractivity contribution in [2.75, 3.05) is 12.4 Å². The van der Waals surface area contributed by atoms with E-state index in [4.69, 9.17) is 4.74 Å². The van der Waals surface area contributed by atoms with E-state index in [-0.39, 0.29) is 11.4 Å². The lowest BCUT2D eigenvalue weighted by Gasteiger charge is -2.11. The number of nitrogens with one attached hydrogen (secondary N) is 1. The van der Waals surface area contributed by atoms with Gasteiger partial charge in [0.2, 0.25) is 0 Å². The van der Waals surface area contributed by atoms with Crippen molar-refractivity contribution in [3.63, 3.8) is 0 Å². The van der Waals surface area contributed by atoms with Gasteiger partial charge in [-0.25, -0.2) is 4.39 Å². The minimum atomic E-state index is -0.414. The summed E-state index contributed by atoms with van der Waals surface area (Å²) in [5.41, 5.74) is 1.85. The molecule has 3 rings (SSSR count). The number of aryl methyl sites for hydroxylation is 2. The summed E-state index contributed by atoms with van der Waals surface area (Å²) in [6, 6.07) is 10.2. The summed E-state index contributed by atoms with van der Waals surface area (Å²) in [5, 5.41) is 7.66. The highest BCUT2D eigenvalue weighted by atomic mass is 19.1. The number of halogens is 1. The van der Waals surface area contributed by atoms with Crippen LogP contribution in [0.2, 0.25) is 0 Å². The van der Waals surface area contributed by atoms with Crippen molar-refractivity contribution in [1.29, 1.82) is 0 Å². The number of ether oxygens (including phenoxy) is 1. The van der Waals surface area contributed by atoms with Gasteiger partial charge < -0.3 is 10.1 Å². The zero-order chi connectivity index (χ0) is 16.6. The molecule has 6 heteroatoms. The van der Waals surface area contributed by atoms with Crippen molar-refractivity contribution in [3.05, 3.63) is 53.5 Å². The maximum atomic E-state index is 13.8. The van der Waals surface area contributed by atoms with Crippen LogP contribution in [0.25, 0.3) is 10.9 Å². The first-order chi connectivity index (χ1) is 11.0. The molecule has 2 aromatic carbocycles. The molecule has 118 valence electrons. The van der Waals surface area contributed by atoms with Crippen molar-refractivity contribution >= 4 is 22.5 Å². The lowest BCUT2D eigenvalue weighted by Crippen LogP contribution is -2.14. The van der Waals surface area contributed by atoms with Crippen LogP contribution in [0.3, 0.4) is 0 Å². The number of hydrogen-bond donors (Lipinski definition) is 1. The summed E-state index contributed by atoms with van der Waals surface area (Å²) in [5.74, 6) is -0.423. The fraction of sp³-hybridized carbons (Fsp3) is 0.176. The van der Waals surface area contributed by atoms with Gasteiger partial charge >= 0.3 is 0 Å². The molecule has 0 aliphatic rings. The topological polar surface area (TPSA) is 56.1 Å². The molecule has 0 fully saturated rings. The summed E-state index contributed by atoms with van der Waals surface area (Å²) in [4.78, 5) is 12.5. The molecule has 0 saturated heterocycles. The van der Waals surface area contributed by atoms with Crippen LogP contribution in [-0.4, -0.2) is 22.8 Å². The Morgan fingerprint density at radius 3 is 2.78 bits per heavy atom. The molecule has 3 aromatic rings. The summed E-state index contributed by atoms with van der Waals surface area (Å²) >= 11 is 0. The van der Waals surface area contributed by atoms with Gasteiger partial charge in [0.1, 0.15) is 11.6 Å². The largest absolute Gasteiger partial charge is 0.495 e. The number of anilines is 1. The maximum Gasteiger partial charge on any atom is 0.276 e. The number of benzene rings is 2. The first-order valence-corrected chi connectivity index (χ1v) is 7.08. The van der Waals surface area contributed by atoms with Gasteiger partial charge in [-0.1, -0.05) is 18.2 Å². The predicted molar refractivity (Wildman–Crippen MR) is 86.4 cm³/mol. The molecule has 0 bridgehead atoms. The highest BCUT2D eigenvalue weighted by Crippen LogP contribution is 2.28. The van der Waals surface area contributed by atoms with E-state index in [1.54, 1.807) is 24.7 Å². The maximum absolute atomic E-state index is 13.8. The van der Waals surface area contributed by atoms with Crippen molar-refractivity contribution in [3.8, 4) is 5.75 Å². The van der Waals surface area contributed by atoms with E-state index in [1.165, 1.54) is 13.2 Å². The molecule has 5 nitrogen and oxygen atoms in total. The van der Waals surface area contributed by atoms with Crippen molar-refractivity contribution in [2.45, 2.75) is 6.92 Å². The average molecular weight is 313 g/mol. The number of nitrogens with zero attached hydrogens (tertiary/aromatic N) is 2. The van der Waals surface area contributed by atoms with Crippen molar-refractivity contribution < 1.29 is 13.9 Å². The molecular formula is C17H16FN3O2. The molecule has 0 atom stereocenters. The van der Waals surface area contributed by atoms with Crippen LogP contribution in [0.4, 0.5) is 10.1 Å². The molecule has 0 spiro atoms. The lowest BCUT2D eigenvalue weighted by atomic mass is 10.1.